The van der Waals surface area contributed by atoms with Gasteiger partial charge in [0, 0.05) is 6.04 Å². The summed E-state index contributed by atoms with van der Waals surface area (Å²) in [5.74, 6) is 1.51. The van der Waals surface area contributed by atoms with Crippen molar-refractivity contribution in [2.24, 2.45) is 0 Å². The molecule has 0 amide bonds. The molecule has 0 aliphatic carbocycles. The second kappa shape index (κ2) is 4.98. The van der Waals surface area contributed by atoms with E-state index in [0.717, 1.165) is 23.7 Å². The van der Waals surface area contributed by atoms with E-state index in [-0.39, 0.29) is 6.79 Å². The van der Waals surface area contributed by atoms with Crippen molar-refractivity contribution >= 4 is 11.6 Å². The lowest BCUT2D eigenvalue weighted by atomic mass is 9.92. The summed E-state index contributed by atoms with van der Waals surface area (Å²) in [7, 11) is 0. The van der Waals surface area contributed by atoms with Crippen LogP contribution in [-0.2, 0) is 6.42 Å². The Hall–Kier alpha value is -0.930. The molecule has 3 rings (SSSR count). The number of ether oxygens (including phenoxy) is 2. The first-order valence-corrected chi connectivity index (χ1v) is 7.03. The van der Waals surface area contributed by atoms with Crippen LogP contribution in [0.3, 0.4) is 0 Å². The molecule has 1 aromatic carbocycles. The third kappa shape index (κ3) is 1.95. The summed E-state index contributed by atoms with van der Waals surface area (Å²) in [6.07, 6.45) is 4.62. The van der Waals surface area contributed by atoms with Gasteiger partial charge in [0.05, 0.1) is 5.02 Å². The number of piperidine rings is 1. The summed E-state index contributed by atoms with van der Waals surface area (Å²) in [6.45, 7) is 3.50. The van der Waals surface area contributed by atoms with Crippen molar-refractivity contribution in [1.82, 2.24) is 5.32 Å². The van der Waals surface area contributed by atoms with E-state index in [0.29, 0.717) is 11.8 Å². The number of fused-ring (bicyclic) bond motifs is 1. The summed E-state index contributed by atoms with van der Waals surface area (Å²) < 4.78 is 10.9. The summed E-state index contributed by atoms with van der Waals surface area (Å²) in [5, 5.41) is 4.30. The fraction of sp³-hybridized carbons (Fsp3) is 0.571. The molecule has 18 heavy (non-hydrogen) atoms. The Labute approximate surface area is 112 Å². The third-order valence-corrected chi connectivity index (χ3v) is 4.18. The Bertz CT molecular complexity index is 456. The van der Waals surface area contributed by atoms with Gasteiger partial charge in [-0.05, 0) is 43.0 Å². The van der Waals surface area contributed by atoms with Crippen LogP contribution in [0, 0.1) is 0 Å². The Kier molecular flexibility index (Phi) is 3.35. The predicted octanol–water partition coefficient (Wildman–Crippen LogP) is 3.45. The zero-order chi connectivity index (χ0) is 12.5. The fourth-order valence-corrected chi connectivity index (χ4v) is 3.24. The average Bonchev–Trinajstić information content (AvgIpc) is 2.88. The van der Waals surface area contributed by atoms with Crippen LogP contribution in [0.4, 0.5) is 0 Å². The standard InChI is InChI=1S/C14H18ClNO2/c1-2-9-10(11-5-3-4-6-16-11)7-12-14(13(9)15)18-8-17-12/h7,11,16H,2-6,8H2,1H3. The van der Waals surface area contributed by atoms with Gasteiger partial charge >= 0.3 is 0 Å². The Morgan fingerprint density at radius 1 is 1.39 bits per heavy atom. The van der Waals surface area contributed by atoms with Gasteiger partial charge in [-0.25, -0.2) is 0 Å². The van der Waals surface area contributed by atoms with E-state index in [1.165, 1.54) is 30.4 Å². The molecular weight excluding hydrogens is 250 g/mol. The quantitative estimate of drug-likeness (QED) is 0.890. The molecule has 2 aliphatic rings. The molecular formula is C14H18ClNO2. The minimum Gasteiger partial charge on any atom is -0.454 e. The SMILES string of the molecule is CCc1c(C2CCCCN2)cc2c(c1Cl)OCO2. The molecule has 1 fully saturated rings. The first-order chi connectivity index (χ1) is 8.81. The molecule has 0 radical (unpaired) electrons. The number of hydrogen-bond donors (Lipinski definition) is 1. The van der Waals surface area contributed by atoms with E-state index >= 15 is 0 Å². The summed E-state index contributed by atoms with van der Waals surface area (Å²) in [5.41, 5.74) is 2.48. The van der Waals surface area contributed by atoms with Gasteiger partial charge in [-0.2, -0.15) is 0 Å². The highest BCUT2D eigenvalue weighted by molar-refractivity contribution is 6.33. The average molecular weight is 268 g/mol. The maximum absolute atomic E-state index is 6.45. The van der Waals surface area contributed by atoms with Crippen molar-refractivity contribution in [1.29, 1.82) is 0 Å². The lowest BCUT2D eigenvalue weighted by Crippen LogP contribution is -2.27. The summed E-state index contributed by atoms with van der Waals surface area (Å²) in [4.78, 5) is 0. The van der Waals surface area contributed by atoms with Crippen molar-refractivity contribution < 1.29 is 9.47 Å². The van der Waals surface area contributed by atoms with Crippen molar-refractivity contribution in [3.8, 4) is 11.5 Å². The molecule has 1 N–H and O–H groups in total. The molecule has 0 aromatic heterocycles. The van der Waals surface area contributed by atoms with Crippen molar-refractivity contribution in [2.45, 2.75) is 38.6 Å². The largest absolute Gasteiger partial charge is 0.454 e. The molecule has 98 valence electrons. The normalized spacial score (nSPS) is 22.2. The van der Waals surface area contributed by atoms with Crippen LogP contribution in [-0.4, -0.2) is 13.3 Å². The number of rotatable bonds is 2. The molecule has 1 aromatic rings. The second-order valence-electron chi connectivity index (χ2n) is 4.85. The predicted molar refractivity (Wildman–Crippen MR) is 71.5 cm³/mol. The fourth-order valence-electron chi connectivity index (χ4n) is 2.85. The number of benzene rings is 1. The van der Waals surface area contributed by atoms with E-state index in [1.54, 1.807) is 0 Å². The molecule has 1 unspecified atom stereocenters. The van der Waals surface area contributed by atoms with Gasteiger partial charge < -0.3 is 14.8 Å². The van der Waals surface area contributed by atoms with Crippen molar-refractivity contribution in [2.75, 3.05) is 13.3 Å². The van der Waals surface area contributed by atoms with Crippen LogP contribution < -0.4 is 14.8 Å². The first-order valence-electron chi connectivity index (χ1n) is 6.65. The highest BCUT2D eigenvalue weighted by Gasteiger charge is 2.26. The molecule has 3 nitrogen and oxygen atoms in total. The molecule has 0 saturated carbocycles. The molecule has 2 heterocycles. The Morgan fingerprint density at radius 2 is 2.28 bits per heavy atom. The second-order valence-corrected chi connectivity index (χ2v) is 5.23. The van der Waals surface area contributed by atoms with Gasteiger partial charge in [-0.3, -0.25) is 0 Å². The highest BCUT2D eigenvalue weighted by atomic mass is 35.5. The van der Waals surface area contributed by atoms with Gasteiger partial charge in [0.1, 0.15) is 0 Å². The maximum atomic E-state index is 6.45. The summed E-state index contributed by atoms with van der Waals surface area (Å²) in [6, 6.07) is 2.51. The minimum absolute atomic E-state index is 0.278. The molecule has 1 atom stereocenters. The molecule has 1 saturated heterocycles. The van der Waals surface area contributed by atoms with Gasteiger partial charge in [-0.1, -0.05) is 24.9 Å². The van der Waals surface area contributed by atoms with Crippen LogP contribution in [0.2, 0.25) is 5.02 Å². The molecule has 4 heteroatoms. The minimum atomic E-state index is 0.278. The number of nitrogens with one attached hydrogen (secondary N) is 1. The lowest BCUT2D eigenvalue weighted by molar-refractivity contribution is 0.174. The summed E-state index contributed by atoms with van der Waals surface area (Å²) >= 11 is 6.45. The first kappa shape index (κ1) is 12.1. The number of halogens is 1. The zero-order valence-electron chi connectivity index (χ0n) is 10.6. The molecule has 2 aliphatic heterocycles. The van der Waals surface area contributed by atoms with Gasteiger partial charge in [0.25, 0.3) is 0 Å². The van der Waals surface area contributed by atoms with Crippen molar-refractivity contribution in [3.05, 3.63) is 22.2 Å². The maximum Gasteiger partial charge on any atom is 0.231 e. The lowest BCUT2D eigenvalue weighted by Gasteiger charge is -2.26. The van der Waals surface area contributed by atoms with Gasteiger partial charge in [-0.15, -0.1) is 0 Å². The Balaban J connectivity index is 2.04. The number of hydrogen-bond acceptors (Lipinski definition) is 3. The highest BCUT2D eigenvalue weighted by Crippen LogP contribution is 2.45. The van der Waals surface area contributed by atoms with Crippen LogP contribution in [0.25, 0.3) is 0 Å². The van der Waals surface area contributed by atoms with Crippen LogP contribution in [0.1, 0.15) is 43.4 Å². The van der Waals surface area contributed by atoms with Crippen molar-refractivity contribution in [3.63, 3.8) is 0 Å². The topological polar surface area (TPSA) is 30.5 Å². The Morgan fingerprint density at radius 3 is 3.00 bits per heavy atom. The van der Waals surface area contributed by atoms with Gasteiger partial charge in [0.15, 0.2) is 11.5 Å². The van der Waals surface area contributed by atoms with Crippen LogP contribution >= 0.6 is 11.6 Å². The van der Waals surface area contributed by atoms with E-state index in [2.05, 4.69) is 18.3 Å². The van der Waals surface area contributed by atoms with Gasteiger partial charge in [0.2, 0.25) is 6.79 Å². The third-order valence-electron chi connectivity index (χ3n) is 3.78. The zero-order valence-corrected chi connectivity index (χ0v) is 11.3. The van der Waals surface area contributed by atoms with E-state index in [1.807, 2.05) is 0 Å². The molecule has 0 bridgehead atoms. The van der Waals surface area contributed by atoms with E-state index < -0.39 is 0 Å². The molecule has 0 spiro atoms. The van der Waals surface area contributed by atoms with E-state index in [4.69, 9.17) is 21.1 Å². The smallest absolute Gasteiger partial charge is 0.231 e. The van der Waals surface area contributed by atoms with E-state index in [9.17, 15) is 0 Å². The van der Waals surface area contributed by atoms with Crippen LogP contribution in [0.15, 0.2) is 6.07 Å². The van der Waals surface area contributed by atoms with Crippen LogP contribution in [0.5, 0.6) is 11.5 Å². The monoisotopic (exact) mass is 267 g/mol.